The molecule has 2 nitrogen and oxygen atoms in total. The van der Waals surface area contributed by atoms with Gasteiger partial charge >= 0.3 is 5.97 Å². The molecule has 0 amide bonds. The summed E-state index contributed by atoms with van der Waals surface area (Å²) in [6.07, 6.45) is 8.76. The van der Waals surface area contributed by atoms with Gasteiger partial charge in [0.05, 0.1) is 13.5 Å². The number of esters is 1. The van der Waals surface area contributed by atoms with Gasteiger partial charge in [0.15, 0.2) is 0 Å². The van der Waals surface area contributed by atoms with Gasteiger partial charge in [-0.3, -0.25) is 4.79 Å². The van der Waals surface area contributed by atoms with Crippen molar-refractivity contribution in [3.8, 4) is 0 Å². The first kappa shape index (κ1) is 10.6. The normalized spacial score (nSPS) is 49.4. The van der Waals surface area contributed by atoms with E-state index >= 15 is 0 Å². The highest BCUT2D eigenvalue weighted by Crippen LogP contribution is 2.66. The molecule has 2 heteroatoms. The van der Waals surface area contributed by atoms with Crippen LogP contribution in [0.3, 0.4) is 0 Å². The third kappa shape index (κ3) is 1.57. The van der Waals surface area contributed by atoms with Crippen molar-refractivity contribution in [3.05, 3.63) is 0 Å². The van der Waals surface area contributed by atoms with E-state index in [4.69, 9.17) is 4.74 Å². The topological polar surface area (TPSA) is 26.3 Å². The average molecular weight is 222 g/mol. The van der Waals surface area contributed by atoms with Crippen LogP contribution in [0, 0.1) is 22.7 Å². The molecule has 0 spiro atoms. The summed E-state index contributed by atoms with van der Waals surface area (Å²) in [5.74, 6) is 1.80. The largest absolute Gasteiger partial charge is 0.469 e. The van der Waals surface area contributed by atoms with Crippen LogP contribution in [0.2, 0.25) is 0 Å². The number of carbonyl (C=O) groups is 1. The Morgan fingerprint density at radius 3 is 2.38 bits per heavy atom. The summed E-state index contributed by atoms with van der Waals surface area (Å²) in [6.45, 7) is 2.44. The molecule has 0 aromatic heterocycles. The van der Waals surface area contributed by atoms with E-state index in [1.165, 1.54) is 45.6 Å². The zero-order chi connectivity index (χ0) is 11.4. The summed E-state index contributed by atoms with van der Waals surface area (Å²) < 4.78 is 4.88. The number of carbonyl (C=O) groups excluding carboxylic acids is 1. The lowest BCUT2D eigenvalue weighted by Gasteiger charge is -2.61. The van der Waals surface area contributed by atoms with Gasteiger partial charge in [0.2, 0.25) is 0 Å². The van der Waals surface area contributed by atoms with Crippen LogP contribution in [-0.2, 0) is 9.53 Å². The van der Waals surface area contributed by atoms with Gasteiger partial charge in [-0.15, -0.1) is 0 Å². The van der Waals surface area contributed by atoms with E-state index in [0.717, 1.165) is 11.8 Å². The molecular weight excluding hydrogens is 200 g/mol. The zero-order valence-corrected chi connectivity index (χ0v) is 10.4. The molecule has 4 aliphatic carbocycles. The minimum absolute atomic E-state index is 0.00514. The summed E-state index contributed by atoms with van der Waals surface area (Å²) in [5.41, 5.74) is 0.851. The fourth-order valence-corrected chi connectivity index (χ4v) is 5.51. The van der Waals surface area contributed by atoms with Gasteiger partial charge in [-0.05, 0) is 61.2 Å². The van der Waals surface area contributed by atoms with Crippen LogP contribution in [0.4, 0.5) is 0 Å². The SMILES string of the molecule is COC(=O)CC12CC3CC(CC(C)(C3)C1)C2. The molecule has 90 valence electrons. The Balaban J connectivity index is 1.83. The van der Waals surface area contributed by atoms with Crippen molar-refractivity contribution in [2.75, 3.05) is 7.11 Å². The highest BCUT2D eigenvalue weighted by atomic mass is 16.5. The van der Waals surface area contributed by atoms with E-state index in [1.54, 1.807) is 0 Å². The monoisotopic (exact) mass is 222 g/mol. The molecule has 0 aromatic rings. The molecule has 4 rings (SSSR count). The molecule has 4 fully saturated rings. The van der Waals surface area contributed by atoms with E-state index in [9.17, 15) is 4.79 Å². The third-order valence-corrected chi connectivity index (χ3v) is 5.22. The molecule has 4 aliphatic rings. The summed E-state index contributed by atoms with van der Waals surface area (Å²) in [6, 6.07) is 0. The van der Waals surface area contributed by atoms with Gasteiger partial charge in [0.25, 0.3) is 0 Å². The fourth-order valence-electron chi connectivity index (χ4n) is 5.51. The van der Waals surface area contributed by atoms with E-state index < -0.39 is 0 Å². The maximum Gasteiger partial charge on any atom is 0.306 e. The lowest BCUT2D eigenvalue weighted by molar-refractivity contribution is -0.153. The molecule has 0 N–H and O–H groups in total. The van der Waals surface area contributed by atoms with Crippen molar-refractivity contribution in [1.29, 1.82) is 0 Å². The van der Waals surface area contributed by atoms with E-state index in [0.29, 0.717) is 17.3 Å². The standard InChI is InChI=1S/C14H22O2/c1-13-4-10-3-11(5-13)7-14(6-10,9-13)8-12(15)16-2/h10-11H,3-9H2,1-2H3. The second kappa shape index (κ2) is 3.24. The number of rotatable bonds is 2. The molecule has 0 heterocycles. The van der Waals surface area contributed by atoms with E-state index in [-0.39, 0.29) is 5.97 Å². The van der Waals surface area contributed by atoms with Crippen molar-refractivity contribution in [2.24, 2.45) is 22.7 Å². The van der Waals surface area contributed by atoms with Crippen LogP contribution in [0.5, 0.6) is 0 Å². The van der Waals surface area contributed by atoms with Crippen molar-refractivity contribution in [2.45, 2.75) is 51.9 Å². The Bertz CT molecular complexity index is 307. The summed E-state index contributed by atoms with van der Waals surface area (Å²) >= 11 is 0. The van der Waals surface area contributed by atoms with Crippen molar-refractivity contribution in [3.63, 3.8) is 0 Å². The highest BCUT2D eigenvalue weighted by molar-refractivity contribution is 5.70. The Morgan fingerprint density at radius 2 is 1.88 bits per heavy atom. The van der Waals surface area contributed by atoms with Gasteiger partial charge in [-0.25, -0.2) is 0 Å². The Hall–Kier alpha value is -0.530. The van der Waals surface area contributed by atoms with Gasteiger partial charge < -0.3 is 4.74 Å². The van der Waals surface area contributed by atoms with Gasteiger partial charge in [0.1, 0.15) is 0 Å². The summed E-state index contributed by atoms with van der Waals surface area (Å²) in [5, 5.41) is 0. The second-order valence-corrected chi connectivity index (χ2v) is 7.02. The van der Waals surface area contributed by atoms with Crippen molar-refractivity contribution < 1.29 is 9.53 Å². The van der Waals surface area contributed by atoms with Gasteiger partial charge in [0, 0.05) is 0 Å². The smallest absolute Gasteiger partial charge is 0.306 e. The van der Waals surface area contributed by atoms with Gasteiger partial charge in [-0.2, -0.15) is 0 Å². The minimum Gasteiger partial charge on any atom is -0.469 e. The van der Waals surface area contributed by atoms with Crippen molar-refractivity contribution in [1.82, 2.24) is 0 Å². The van der Waals surface area contributed by atoms with Crippen LogP contribution in [0.25, 0.3) is 0 Å². The highest BCUT2D eigenvalue weighted by Gasteiger charge is 2.56. The van der Waals surface area contributed by atoms with Crippen LogP contribution < -0.4 is 0 Å². The van der Waals surface area contributed by atoms with E-state index in [1.807, 2.05) is 0 Å². The first-order valence-electron chi connectivity index (χ1n) is 6.59. The molecule has 4 bridgehead atoms. The minimum atomic E-state index is 0.00514. The first-order valence-corrected chi connectivity index (χ1v) is 6.59. The lowest BCUT2D eigenvalue weighted by atomic mass is 9.44. The average Bonchev–Trinajstić information content (AvgIpc) is 2.12. The summed E-state index contributed by atoms with van der Waals surface area (Å²) in [4.78, 5) is 11.6. The maximum atomic E-state index is 11.6. The molecule has 0 radical (unpaired) electrons. The zero-order valence-electron chi connectivity index (χ0n) is 10.4. The summed E-state index contributed by atoms with van der Waals surface area (Å²) in [7, 11) is 1.52. The van der Waals surface area contributed by atoms with Crippen LogP contribution in [-0.4, -0.2) is 13.1 Å². The lowest BCUT2D eigenvalue weighted by Crippen LogP contribution is -2.51. The molecular formula is C14H22O2. The maximum absolute atomic E-state index is 11.6. The molecule has 4 saturated carbocycles. The molecule has 2 unspecified atom stereocenters. The molecule has 0 aliphatic heterocycles. The molecule has 0 saturated heterocycles. The molecule has 2 atom stereocenters. The molecule has 16 heavy (non-hydrogen) atoms. The molecule has 0 aromatic carbocycles. The first-order chi connectivity index (χ1) is 7.53. The van der Waals surface area contributed by atoms with Crippen LogP contribution in [0.1, 0.15) is 51.9 Å². The third-order valence-electron chi connectivity index (χ3n) is 5.22. The number of ether oxygens (including phenoxy) is 1. The van der Waals surface area contributed by atoms with Crippen molar-refractivity contribution >= 4 is 5.97 Å². The van der Waals surface area contributed by atoms with Crippen LogP contribution in [0.15, 0.2) is 0 Å². The van der Waals surface area contributed by atoms with Gasteiger partial charge in [-0.1, -0.05) is 6.92 Å². The van der Waals surface area contributed by atoms with E-state index in [2.05, 4.69) is 6.92 Å². The Labute approximate surface area is 97.7 Å². The number of hydrogen-bond donors (Lipinski definition) is 0. The predicted octanol–water partition coefficient (Wildman–Crippen LogP) is 3.16. The predicted molar refractivity (Wildman–Crippen MR) is 61.9 cm³/mol. The number of hydrogen-bond acceptors (Lipinski definition) is 2. The second-order valence-electron chi connectivity index (χ2n) is 7.02. The number of methoxy groups -OCH3 is 1. The quantitative estimate of drug-likeness (QED) is 0.671. The Kier molecular flexibility index (Phi) is 2.15. The Morgan fingerprint density at radius 1 is 1.25 bits per heavy atom. The van der Waals surface area contributed by atoms with Crippen LogP contribution >= 0.6 is 0 Å². The fraction of sp³-hybridized carbons (Fsp3) is 0.929.